The Morgan fingerprint density at radius 3 is 2.48 bits per heavy atom. The van der Waals surface area contributed by atoms with Crippen molar-refractivity contribution in [3.8, 4) is 5.75 Å². The highest BCUT2D eigenvalue weighted by atomic mass is 35.5. The van der Waals surface area contributed by atoms with Gasteiger partial charge in [0.05, 0.1) is 0 Å². The molecule has 1 atom stereocenters. The lowest BCUT2D eigenvalue weighted by molar-refractivity contribution is -0.122. The molecule has 0 saturated heterocycles. The fourth-order valence-corrected chi connectivity index (χ4v) is 2.46. The van der Waals surface area contributed by atoms with Crippen LogP contribution in [0.5, 0.6) is 5.75 Å². The van der Waals surface area contributed by atoms with Crippen molar-refractivity contribution >= 4 is 23.2 Å². The van der Waals surface area contributed by atoms with E-state index >= 15 is 0 Å². The maximum atomic E-state index is 12.4. The monoisotopic (exact) mass is 331 g/mol. The normalized spacial score (nSPS) is 12.6. The van der Waals surface area contributed by atoms with Gasteiger partial charge >= 0.3 is 0 Å². The molecular formula is C19H22ClNO2. The minimum absolute atomic E-state index is 0.0546. The lowest BCUT2D eigenvalue weighted by Crippen LogP contribution is -2.31. The minimum atomic E-state index is -0.624. The molecule has 0 fully saturated rings. The summed E-state index contributed by atoms with van der Waals surface area (Å²) in [7, 11) is 0. The van der Waals surface area contributed by atoms with E-state index in [-0.39, 0.29) is 11.3 Å². The molecule has 0 saturated carbocycles. The molecule has 4 heteroatoms. The zero-order valence-electron chi connectivity index (χ0n) is 13.9. The topological polar surface area (TPSA) is 38.3 Å². The highest BCUT2D eigenvalue weighted by Crippen LogP contribution is 2.29. The summed E-state index contributed by atoms with van der Waals surface area (Å²) in [6.07, 6.45) is -0.624. The van der Waals surface area contributed by atoms with Crippen LogP contribution in [0.15, 0.2) is 48.5 Å². The first-order chi connectivity index (χ1) is 10.8. The second-order valence-electron chi connectivity index (χ2n) is 6.50. The fraction of sp³-hybridized carbons (Fsp3) is 0.316. The van der Waals surface area contributed by atoms with Gasteiger partial charge < -0.3 is 10.1 Å². The Morgan fingerprint density at radius 2 is 1.83 bits per heavy atom. The largest absolute Gasteiger partial charge is 0.481 e. The van der Waals surface area contributed by atoms with Crippen LogP contribution >= 0.6 is 11.6 Å². The molecule has 2 aromatic rings. The molecule has 2 rings (SSSR count). The first-order valence-corrected chi connectivity index (χ1v) is 7.98. The number of carbonyl (C=O) groups is 1. The fourth-order valence-electron chi connectivity index (χ4n) is 2.28. The van der Waals surface area contributed by atoms with Gasteiger partial charge in [-0.15, -0.1) is 0 Å². The number of ether oxygens (including phenoxy) is 1. The third-order valence-corrected chi connectivity index (χ3v) is 3.71. The van der Waals surface area contributed by atoms with E-state index in [0.29, 0.717) is 10.8 Å². The van der Waals surface area contributed by atoms with Crippen molar-refractivity contribution in [3.05, 3.63) is 59.1 Å². The van der Waals surface area contributed by atoms with E-state index in [1.54, 1.807) is 31.2 Å². The molecule has 3 nitrogen and oxygen atoms in total. The minimum Gasteiger partial charge on any atom is -0.481 e. The van der Waals surface area contributed by atoms with E-state index in [1.165, 1.54) is 0 Å². The molecule has 122 valence electrons. The second-order valence-corrected chi connectivity index (χ2v) is 6.94. The molecule has 0 unspecified atom stereocenters. The SMILES string of the molecule is C[C@H](Oc1cccc(Cl)c1)C(=O)Nc1ccccc1C(C)(C)C. The van der Waals surface area contributed by atoms with E-state index < -0.39 is 6.10 Å². The van der Waals surface area contributed by atoms with Gasteiger partial charge in [0.15, 0.2) is 6.10 Å². The molecule has 0 heterocycles. The Morgan fingerprint density at radius 1 is 1.13 bits per heavy atom. The Hall–Kier alpha value is -2.00. The Labute approximate surface area is 142 Å². The summed E-state index contributed by atoms with van der Waals surface area (Å²) in [6.45, 7) is 8.06. The van der Waals surface area contributed by atoms with Crippen molar-refractivity contribution in [1.29, 1.82) is 0 Å². The maximum absolute atomic E-state index is 12.4. The predicted octanol–water partition coefficient (Wildman–Crippen LogP) is 5.04. The number of halogens is 1. The molecule has 0 bridgehead atoms. The van der Waals surface area contributed by atoms with Crippen molar-refractivity contribution < 1.29 is 9.53 Å². The molecule has 23 heavy (non-hydrogen) atoms. The summed E-state index contributed by atoms with van der Waals surface area (Å²) in [5.41, 5.74) is 1.84. The molecule has 1 amide bonds. The number of anilines is 1. The zero-order chi connectivity index (χ0) is 17.0. The predicted molar refractivity (Wildman–Crippen MR) is 95.3 cm³/mol. The van der Waals surface area contributed by atoms with Gasteiger partial charge in [0.2, 0.25) is 0 Å². The average molecular weight is 332 g/mol. The van der Waals surface area contributed by atoms with Crippen LogP contribution in [0.3, 0.4) is 0 Å². The number of carbonyl (C=O) groups excluding carboxylic acids is 1. The van der Waals surface area contributed by atoms with Gasteiger partial charge in [0.25, 0.3) is 5.91 Å². The number of benzene rings is 2. The molecule has 0 radical (unpaired) electrons. The van der Waals surface area contributed by atoms with Gasteiger partial charge in [0, 0.05) is 10.7 Å². The van der Waals surface area contributed by atoms with Crippen LogP contribution in [-0.2, 0) is 10.2 Å². The second kappa shape index (κ2) is 7.05. The Kier molecular flexibility index (Phi) is 5.32. The molecule has 0 aromatic heterocycles. The van der Waals surface area contributed by atoms with E-state index in [4.69, 9.17) is 16.3 Å². The maximum Gasteiger partial charge on any atom is 0.265 e. The van der Waals surface area contributed by atoms with Crippen LogP contribution in [0.2, 0.25) is 5.02 Å². The van der Waals surface area contributed by atoms with Gasteiger partial charge in [-0.05, 0) is 42.2 Å². The van der Waals surface area contributed by atoms with E-state index in [1.807, 2.05) is 24.3 Å². The van der Waals surface area contributed by atoms with Crippen LogP contribution in [0, 0.1) is 0 Å². The van der Waals surface area contributed by atoms with Gasteiger partial charge in [0.1, 0.15) is 5.75 Å². The number of hydrogen-bond donors (Lipinski definition) is 1. The lowest BCUT2D eigenvalue weighted by Gasteiger charge is -2.24. The van der Waals surface area contributed by atoms with Gasteiger partial charge in [-0.2, -0.15) is 0 Å². The first-order valence-electron chi connectivity index (χ1n) is 7.60. The lowest BCUT2D eigenvalue weighted by atomic mass is 9.86. The number of rotatable bonds is 4. The number of hydrogen-bond acceptors (Lipinski definition) is 2. The standard InChI is InChI=1S/C19H22ClNO2/c1-13(23-15-9-7-8-14(20)12-15)18(22)21-17-11-6-5-10-16(17)19(2,3)4/h5-13H,1-4H3,(H,21,22)/t13-/m0/s1. The van der Waals surface area contributed by atoms with E-state index in [0.717, 1.165) is 11.3 Å². The van der Waals surface area contributed by atoms with E-state index in [2.05, 4.69) is 26.1 Å². The third kappa shape index (κ3) is 4.73. The van der Waals surface area contributed by atoms with Crippen molar-refractivity contribution in [3.63, 3.8) is 0 Å². The number of amides is 1. The molecule has 2 aromatic carbocycles. The zero-order valence-corrected chi connectivity index (χ0v) is 14.6. The van der Waals surface area contributed by atoms with Crippen LogP contribution in [0.4, 0.5) is 5.69 Å². The summed E-state index contributed by atoms with van der Waals surface area (Å²) < 4.78 is 5.66. The average Bonchev–Trinajstić information content (AvgIpc) is 2.46. The molecule has 1 N–H and O–H groups in total. The molecule has 0 aliphatic rings. The van der Waals surface area contributed by atoms with Crippen LogP contribution in [0.1, 0.15) is 33.3 Å². The summed E-state index contributed by atoms with van der Waals surface area (Å²) in [5.74, 6) is 0.380. The highest BCUT2D eigenvalue weighted by Gasteiger charge is 2.21. The molecule has 0 aliphatic heterocycles. The van der Waals surface area contributed by atoms with E-state index in [9.17, 15) is 4.79 Å². The number of nitrogens with one attached hydrogen (secondary N) is 1. The first kappa shape index (κ1) is 17.4. The van der Waals surface area contributed by atoms with Crippen LogP contribution in [0.25, 0.3) is 0 Å². The Balaban J connectivity index is 2.10. The van der Waals surface area contributed by atoms with Gasteiger partial charge in [-0.25, -0.2) is 0 Å². The van der Waals surface area contributed by atoms with Crippen molar-refractivity contribution in [2.45, 2.75) is 39.2 Å². The van der Waals surface area contributed by atoms with Crippen molar-refractivity contribution in [2.24, 2.45) is 0 Å². The Bertz CT molecular complexity index is 692. The smallest absolute Gasteiger partial charge is 0.265 e. The van der Waals surface area contributed by atoms with Gasteiger partial charge in [-0.3, -0.25) is 4.79 Å². The summed E-state index contributed by atoms with van der Waals surface area (Å²) in [4.78, 5) is 12.4. The quantitative estimate of drug-likeness (QED) is 0.852. The highest BCUT2D eigenvalue weighted by molar-refractivity contribution is 6.30. The summed E-state index contributed by atoms with van der Waals surface area (Å²) >= 11 is 5.93. The number of para-hydroxylation sites is 1. The van der Waals surface area contributed by atoms with Gasteiger partial charge in [-0.1, -0.05) is 56.6 Å². The van der Waals surface area contributed by atoms with Crippen LogP contribution < -0.4 is 10.1 Å². The summed E-state index contributed by atoms with van der Waals surface area (Å²) in [5, 5.41) is 3.53. The third-order valence-electron chi connectivity index (χ3n) is 3.47. The van der Waals surface area contributed by atoms with Crippen LogP contribution in [-0.4, -0.2) is 12.0 Å². The molecular weight excluding hydrogens is 310 g/mol. The molecule has 0 spiro atoms. The van der Waals surface area contributed by atoms with Crippen molar-refractivity contribution in [1.82, 2.24) is 0 Å². The van der Waals surface area contributed by atoms with Crippen molar-refractivity contribution in [2.75, 3.05) is 5.32 Å². The summed E-state index contributed by atoms with van der Waals surface area (Å²) in [6, 6.07) is 14.8. The molecule has 0 aliphatic carbocycles.